The third kappa shape index (κ3) is 2.55. The average Bonchev–Trinajstić information content (AvgIpc) is 2.18. The molecule has 0 radical (unpaired) electrons. The van der Waals surface area contributed by atoms with Gasteiger partial charge in [-0.15, -0.1) is 0 Å². The summed E-state index contributed by atoms with van der Waals surface area (Å²) in [6.45, 7) is 1.37. The number of anilines is 1. The second kappa shape index (κ2) is 5.11. The summed E-state index contributed by atoms with van der Waals surface area (Å²) in [4.78, 5) is 11.4. The molecule has 0 saturated carbocycles. The van der Waals surface area contributed by atoms with Crippen molar-refractivity contribution in [2.24, 2.45) is 12.8 Å². The molecule has 0 unspecified atom stereocenters. The van der Waals surface area contributed by atoms with Crippen molar-refractivity contribution in [2.75, 3.05) is 18.4 Å². The van der Waals surface area contributed by atoms with E-state index in [1.807, 2.05) is 0 Å². The Morgan fingerprint density at radius 3 is 3.07 bits per heavy atom. The Hall–Kier alpha value is -0.880. The van der Waals surface area contributed by atoms with E-state index >= 15 is 0 Å². The van der Waals surface area contributed by atoms with Crippen LogP contribution in [0.25, 0.3) is 0 Å². The van der Waals surface area contributed by atoms with Crippen LogP contribution in [-0.2, 0) is 7.05 Å². The lowest BCUT2D eigenvalue weighted by atomic mass is 10.4. The first-order valence-corrected chi connectivity index (χ1v) is 5.12. The summed E-state index contributed by atoms with van der Waals surface area (Å²) in [5.74, 6) is 0. The smallest absolute Gasteiger partial charge is 0.282 e. The molecule has 1 rings (SSSR count). The Balaban J connectivity index is 2.79. The standard InChI is InChI=1S/C8H13BrN4O/c1-13-8(14)7(9)6(5-12-13)11-4-2-3-10/h5,11H,2-4,10H2,1H3. The second-order valence-electron chi connectivity index (χ2n) is 2.87. The number of aryl methyl sites for hydroxylation is 1. The van der Waals surface area contributed by atoms with E-state index in [1.165, 1.54) is 4.68 Å². The van der Waals surface area contributed by atoms with Gasteiger partial charge in [0.25, 0.3) is 5.56 Å². The molecule has 0 amide bonds. The number of nitrogens with one attached hydrogen (secondary N) is 1. The van der Waals surface area contributed by atoms with E-state index in [1.54, 1.807) is 13.2 Å². The fourth-order valence-corrected chi connectivity index (χ4v) is 1.46. The first kappa shape index (κ1) is 11.2. The number of hydrogen-bond donors (Lipinski definition) is 2. The molecular weight excluding hydrogens is 248 g/mol. The van der Waals surface area contributed by atoms with E-state index in [9.17, 15) is 4.79 Å². The molecule has 14 heavy (non-hydrogen) atoms. The van der Waals surface area contributed by atoms with Crippen LogP contribution in [0.3, 0.4) is 0 Å². The topological polar surface area (TPSA) is 72.9 Å². The van der Waals surface area contributed by atoms with Crippen LogP contribution in [0.5, 0.6) is 0 Å². The van der Waals surface area contributed by atoms with Gasteiger partial charge in [0.2, 0.25) is 0 Å². The first-order valence-electron chi connectivity index (χ1n) is 4.32. The van der Waals surface area contributed by atoms with Gasteiger partial charge in [-0.2, -0.15) is 5.10 Å². The zero-order valence-corrected chi connectivity index (χ0v) is 9.54. The maximum absolute atomic E-state index is 11.4. The van der Waals surface area contributed by atoms with Gasteiger partial charge >= 0.3 is 0 Å². The number of halogens is 1. The minimum Gasteiger partial charge on any atom is -0.383 e. The molecule has 0 atom stereocenters. The third-order valence-electron chi connectivity index (χ3n) is 1.77. The molecule has 3 N–H and O–H groups in total. The van der Waals surface area contributed by atoms with Gasteiger partial charge in [-0.1, -0.05) is 0 Å². The van der Waals surface area contributed by atoms with Gasteiger partial charge in [-0.3, -0.25) is 4.79 Å². The molecular formula is C8H13BrN4O. The van der Waals surface area contributed by atoms with Crippen LogP contribution in [0.1, 0.15) is 6.42 Å². The maximum Gasteiger partial charge on any atom is 0.282 e. The lowest BCUT2D eigenvalue weighted by Crippen LogP contribution is -2.21. The molecule has 0 fully saturated rings. The van der Waals surface area contributed by atoms with Crippen LogP contribution < -0.4 is 16.6 Å². The van der Waals surface area contributed by atoms with Crippen LogP contribution in [0.4, 0.5) is 5.69 Å². The van der Waals surface area contributed by atoms with E-state index in [4.69, 9.17) is 5.73 Å². The van der Waals surface area contributed by atoms with Crippen molar-refractivity contribution in [1.82, 2.24) is 9.78 Å². The predicted octanol–water partition coefficient (Wildman–Crippen LogP) is 0.303. The molecule has 0 aliphatic heterocycles. The molecule has 0 aromatic carbocycles. The molecule has 0 spiro atoms. The summed E-state index contributed by atoms with van der Waals surface area (Å²) in [5.41, 5.74) is 5.91. The molecule has 1 aromatic rings. The zero-order chi connectivity index (χ0) is 10.6. The first-order chi connectivity index (χ1) is 6.66. The number of nitrogens with zero attached hydrogens (tertiary/aromatic N) is 2. The lowest BCUT2D eigenvalue weighted by molar-refractivity contribution is 0.702. The summed E-state index contributed by atoms with van der Waals surface area (Å²) >= 11 is 3.22. The Labute approximate surface area is 90.4 Å². The largest absolute Gasteiger partial charge is 0.383 e. The Morgan fingerprint density at radius 2 is 2.43 bits per heavy atom. The monoisotopic (exact) mass is 260 g/mol. The molecule has 1 aromatic heterocycles. The molecule has 1 heterocycles. The van der Waals surface area contributed by atoms with Crippen LogP contribution in [0, 0.1) is 0 Å². The summed E-state index contributed by atoms with van der Waals surface area (Å²) in [7, 11) is 1.61. The highest BCUT2D eigenvalue weighted by Gasteiger charge is 2.05. The van der Waals surface area contributed by atoms with Crippen molar-refractivity contribution in [1.29, 1.82) is 0 Å². The van der Waals surface area contributed by atoms with Crippen molar-refractivity contribution in [3.63, 3.8) is 0 Å². The molecule has 0 saturated heterocycles. The van der Waals surface area contributed by atoms with E-state index in [-0.39, 0.29) is 5.56 Å². The molecule has 0 bridgehead atoms. The normalized spacial score (nSPS) is 10.2. The van der Waals surface area contributed by atoms with Crippen molar-refractivity contribution < 1.29 is 0 Å². The van der Waals surface area contributed by atoms with Crippen molar-refractivity contribution in [2.45, 2.75) is 6.42 Å². The number of rotatable bonds is 4. The Morgan fingerprint density at radius 1 is 1.71 bits per heavy atom. The fraction of sp³-hybridized carbons (Fsp3) is 0.500. The van der Waals surface area contributed by atoms with Gasteiger partial charge in [-0.25, -0.2) is 4.68 Å². The van der Waals surface area contributed by atoms with Gasteiger partial charge in [0.05, 0.1) is 11.9 Å². The van der Waals surface area contributed by atoms with Crippen molar-refractivity contribution in [3.8, 4) is 0 Å². The summed E-state index contributed by atoms with van der Waals surface area (Å²) < 4.78 is 1.78. The minimum absolute atomic E-state index is 0.150. The van der Waals surface area contributed by atoms with Gasteiger partial charge in [0.1, 0.15) is 4.47 Å². The second-order valence-corrected chi connectivity index (χ2v) is 3.66. The maximum atomic E-state index is 11.4. The van der Waals surface area contributed by atoms with E-state index in [0.29, 0.717) is 16.7 Å². The summed E-state index contributed by atoms with van der Waals surface area (Å²) in [6.07, 6.45) is 2.48. The minimum atomic E-state index is -0.150. The molecule has 5 nitrogen and oxygen atoms in total. The zero-order valence-electron chi connectivity index (χ0n) is 7.96. The van der Waals surface area contributed by atoms with Gasteiger partial charge in [0.15, 0.2) is 0 Å². The van der Waals surface area contributed by atoms with Crippen molar-refractivity contribution in [3.05, 3.63) is 21.0 Å². The Bertz CT molecular complexity index is 363. The van der Waals surface area contributed by atoms with Crippen LogP contribution in [-0.4, -0.2) is 22.9 Å². The number of aromatic nitrogens is 2. The van der Waals surface area contributed by atoms with Crippen molar-refractivity contribution >= 4 is 21.6 Å². The number of hydrogen-bond acceptors (Lipinski definition) is 4. The predicted molar refractivity (Wildman–Crippen MR) is 59.3 cm³/mol. The van der Waals surface area contributed by atoms with Crippen LogP contribution in [0.2, 0.25) is 0 Å². The van der Waals surface area contributed by atoms with Gasteiger partial charge in [-0.05, 0) is 28.9 Å². The van der Waals surface area contributed by atoms with E-state index in [0.717, 1.165) is 13.0 Å². The average molecular weight is 261 g/mol. The SMILES string of the molecule is Cn1ncc(NCCCN)c(Br)c1=O. The van der Waals surface area contributed by atoms with Crippen LogP contribution >= 0.6 is 15.9 Å². The molecule has 78 valence electrons. The van der Waals surface area contributed by atoms with E-state index in [2.05, 4.69) is 26.3 Å². The lowest BCUT2D eigenvalue weighted by Gasteiger charge is -2.07. The molecule has 0 aliphatic carbocycles. The molecule has 0 aliphatic rings. The van der Waals surface area contributed by atoms with Gasteiger partial charge in [0, 0.05) is 13.6 Å². The Kier molecular flexibility index (Phi) is 4.09. The fourth-order valence-electron chi connectivity index (χ4n) is 0.959. The highest BCUT2D eigenvalue weighted by atomic mass is 79.9. The van der Waals surface area contributed by atoms with Crippen LogP contribution in [0.15, 0.2) is 15.5 Å². The van der Waals surface area contributed by atoms with Gasteiger partial charge < -0.3 is 11.1 Å². The number of nitrogens with two attached hydrogens (primary N) is 1. The highest BCUT2D eigenvalue weighted by molar-refractivity contribution is 9.10. The molecule has 6 heteroatoms. The summed E-state index contributed by atoms with van der Waals surface area (Å²) in [6, 6.07) is 0. The quantitative estimate of drug-likeness (QED) is 0.765. The summed E-state index contributed by atoms with van der Waals surface area (Å²) in [5, 5.41) is 6.98. The third-order valence-corrected chi connectivity index (χ3v) is 2.54. The van der Waals surface area contributed by atoms with E-state index < -0.39 is 0 Å². The highest BCUT2D eigenvalue weighted by Crippen LogP contribution is 2.15.